The van der Waals surface area contributed by atoms with E-state index in [1.54, 1.807) is 13.8 Å². The zero-order valence-electron chi connectivity index (χ0n) is 17.3. The number of ether oxygens (including phenoxy) is 5. The maximum Gasteiger partial charge on any atom is 0.245 e. The standard InChI is InChI=1S/C19H37NO8/c1-4-5-6-20-16(21)13-26-10-9-24-7-8-25-11-12-27-19-14(2)17(22)18(23)15(3)28-19/h14-15,17-19,22-23H,4-13H2,1-3H3,(H,20,21). The van der Waals surface area contributed by atoms with Gasteiger partial charge in [-0.25, -0.2) is 0 Å². The van der Waals surface area contributed by atoms with Crippen molar-refractivity contribution in [2.75, 3.05) is 52.8 Å². The van der Waals surface area contributed by atoms with E-state index >= 15 is 0 Å². The topological polar surface area (TPSA) is 116 Å². The fourth-order valence-electron chi connectivity index (χ4n) is 2.64. The highest BCUT2D eigenvalue weighted by Crippen LogP contribution is 2.26. The molecule has 9 nitrogen and oxygen atoms in total. The van der Waals surface area contributed by atoms with Crippen molar-refractivity contribution in [1.82, 2.24) is 5.32 Å². The van der Waals surface area contributed by atoms with Gasteiger partial charge in [0.2, 0.25) is 5.91 Å². The second-order valence-corrected chi connectivity index (χ2v) is 6.90. The van der Waals surface area contributed by atoms with Gasteiger partial charge in [-0.15, -0.1) is 0 Å². The van der Waals surface area contributed by atoms with Crippen LogP contribution in [-0.2, 0) is 28.5 Å². The summed E-state index contributed by atoms with van der Waals surface area (Å²) in [7, 11) is 0. The molecule has 1 saturated heterocycles. The second-order valence-electron chi connectivity index (χ2n) is 6.90. The highest BCUT2D eigenvalue weighted by molar-refractivity contribution is 5.77. The smallest absolute Gasteiger partial charge is 0.245 e. The molecule has 28 heavy (non-hydrogen) atoms. The fourth-order valence-corrected chi connectivity index (χ4v) is 2.64. The average molecular weight is 408 g/mol. The molecule has 1 aliphatic heterocycles. The summed E-state index contributed by atoms with van der Waals surface area (Å²) in [5.41, 5.74) is 0. The van der Waals surface area contributed by atoms with E-state index < -0.39 is 24.6 Å². The van der Waals surface area contributed by atoms with Crippen molar-refractivity contribution in [2.24, 2.45) is 5.92 Å². The third kappa shape index (κ3) is 10.1. The predicted octanol–water partition coefficient (Wildman–Crippen LogP) is 0.0718. The molecule has 0 bridgehead atoms. The maximum absolute atomic E-state index is 11.4. The zero-order chi connectivity index (χ0) is 20.8. The van der Waals surface area contributed by atoms with E-state index in [9.17, 15) is 15.0 Å². The minimum Gasteiger partial charge on any atom is -0.390 e. The van der Waals surface area contributed by atoms with E-state index in [0.29, 0.717) is 46.2 Å². The number of nitrogens with one attached hydrogen (secondary N) is 1. The van der Waals surface area contributed by atoms with E-state index in [0.717, 1.165) is 12.8 Å². The lowest BCUT2D eigenvalue weighted by atomic mass is 9.93. The molecule has 3 N–H and O–H groups in total. The van der Waals surface area contributed by atoms with Crippen molar-refractivity contribution in [1.29, 1.82) is 0 Å². The predicted molar refractivity (Wildman–Crippen MR) is 102 cm³/mol. The molecule has 1 rings (SSSR count). The molecule has 5 atom stereocenters. The lowest BCUT2D eigenvalue weighted by molar-refractivity contribution is -0.274. The molecule has 9 heteroatoms. The Labute approximate surface area is 167 Å². The van der Waals surface area contributed by atoms with Crippen molar-refractivity contribution >= 4 is 5.91 Å². The van der Waals surface area contributed by atoms with Crippen LogP contribution in [0, 0.1) is 5.92 Å². The van der Waals surface area contributed by atoms with Crippen LogP contribution >= 0.6 is 0 Å². The third-order valence-electron chi connectivity index (χ3n) is 4.49. The van der Waals surface area contributed by atoms with Gasteiger partial charge in [-0.3, -0.25) is 4.79 Å². The molecule has 1 aliphatic rings. The number of aliphatic hydroxyl groups excluding tert-OH is 2. The van der Waals surface area contributed by atoms with Crippen LogP contribution in [0.25, 0.3) is 0 Å². The molecule has 0 aromatic heterocycles. The Morgan fingerprint density at radius 2 is 1.57 bits per heavy atom. The minimum absolute atomic E-state index is 0.0485. The molecule has 0 aromatic carbocycles. The van der Waals surface area contributed by atoms with E-state index in [1.807, 2.05) is 0 Å². The van der Waals surface area contributed by atoms with E-state index in [-0.39, 0.29) is 18.4 Å². The number of carbonyl (C=O) groups excluding carboxylic acids is 1. The van der Waals surface area contributed by atoms with Crippen LogP contribution < -0.4 is 5.32 Å². The van der Waals surface area contributed by atoms with Gasteiger partial charge in [0.05, 0.1) is 51.8 Å². The number of rotatable bonds is 15. The number of carbonyl (C=O) groups is 1. The van der Waals surface area contributed by atoms with Gasteiger partial charge in [-0.1, -0.05) is 20.3 Å². The molecular formula is C19H37NO8. The molecule has 0 saturated carbocycles. The van der Waals surface area contributed by atoms with E-state index in [2.05, 4.69) is 12.2 Å². The van der Waals surface area contributed by atoms with Gasteiger partial charge in [-0.2, -0.15) is 0 Å². The molecule has 5 unspecified atom stereocenters. The van der Waals surface area contributed by atoms with Gasteiger partial charge in [0.25, 0.3) is 0 Å². The van der Waals surface area contributed by atoms with Crippen molar-refractivity contribution in [3.63, 3.8) is 0 Å². The molecule has 166 valence electrons. The summed E-state index contributed by atoms with van der Waals surface area (Å²) in [6, 6.07) is 0. The van der Waals surface area contributed by atoms with Crippen molar-refractivity contribution < 1.29 is 38.7 Å². The second kappa shape index (κ2) is 15.1. The number of hydrogen-bond acceptors (Lipinski definition) is 8. The Morgan fingerprint density at radius 3 is 2.21 bits per heavy atom. The zero-order valence-corrected chi connectivity index (χ0v) is 17.3. The molecule has 1 fully saturated rings. The molecular weight excluding hydrogens is 370 g/mol. The van der Waals surface area contributed by atoms with Gasteiger partial charge >= 0.3 is 0 Å². The molecule has 0 spiro atoms. The Hall–Kier alpha value is -0.810. The highest BCUT2D eigenvalue weighted by atomic mass is 16.7. The first-order chi connectivity index (χ1) is 13.5. The van der Waals surface area contributed by atoms with Gasteiger partial charge in [-0.05, 0) is 13.3 Å². The van der Waals surface area contributed by atoms with Crippen LogP contribution in [0.15, 0.2) is 0 Å². The summed E-state index contributed by atoms with van der Waals surface area (Å²) in [5, 5.41) is 22.5. The summed E-state index contributed by atoms with van der Waals surface area (Å²) < 4.78 is 27.1. The number of aliphatic hydroxyl groups is 2. The molecule has 1 heterocycles. The SMILES string of the molecule is CCCCNC(=O)COCCOCCOCCOC1OC(C)C(O)C(O)C1C. The van der Waals surface area contributed by atoms with Crippen LogP contribution in [0.1, 0.15) is 33.6 Å². The monoisotopic (exact) mass is 407 g/mol. The van der Waals surface area contributed by atoms with Crippen molar-refractivity contribution in [3.05, 3.63) is 0 Å². The largest absolute Gasteiger partial charge is 0.390 e. The van der Waals surface area contributed by atoms with Crippen LogP contribution in [0.5, 0.6) is 0 Å². The van der Waals surface area contributed by atoms with E-state index in [4.69, 9.17) is 23.7 Å². The van der Waals surface area contributed by atoms with Gasteiger partial charge < -0.3 is 39.2 Å². The fraction of sp³-hybridized carbons (Fsp3) is 0.947. The summed E-state index contributed by atoms with van der Waals surface area (Å²) in [6.45, 7) is 8.56. The van der Waals surface area contributed by atoms with Gasteiger partial charge in [0, 0.05) is 12.5 Å². The molecule has 0 radical (unpaired) electrons. The lowest BCUT2D eigenvalue weighted by Gasteiger charge is -2.39. The molecule has 0 aliphatic carbocycles. The number of amides is 1. The number of unbranched alkanes of at least 4 members (excludes halogenated alkanes) is 1. The third-order valence-corrected chi connectivity index (χ3v) is 4.49. The van der Waals surface area contributed by atoms with E-state index in [1.165, 1.54) is 0 Å². The Kier molecular flexibility index (Phi) is 13.6. The summed E-state index contributed by atoms with van der Waals surface area (Å²) in [4.78, 5) is 11.4. The average Bonchev–Trinajstić information content (AvgIpc) is 2.68. The summed E-state index contributed by atoms with van der Waals surface area (Å²) in [5.74, 6) is -0.423. The van der Waals surface area contributed by atoms with Crippen molar-refractivity contribution in [3.8, 4) is 0 Å². The Balaban J connectivity index is 1.90. The van der Waals surface area contributed by atoms with Crippen LogP contribution in [-0.4, -0.2) is 93.5 Å². The normalized spacial score (nSPS) is 27.7. The first-order valence-electron chi connectivity index (χ1n) is 10.1. The quantitative estimate of drug-likeness (QED) is 0.327. The molecule has 1 amide bonds. The van der Waals surface area contributed by atoms with Crippen LogP contribution in [0.2, 0.25) is 0 Å². The minimum atomic E-state index is -0.900. The van der Waals surface area contributed by atoms with Crippen LogP contribution in [0.3, 0.4) is 0 Å². The highest BCUT2D eigenvalue weighted by Gasteiger charge is 2.40. The maximum atomic E-state index is 11.4. The Bertz CT molecular complexity index is 411. The molecule has 0 aromatic rings. The first-order valence-corrected chi connectivity index (χ1v) is 10.1. The lowest BCUT2D eigenvalue weighted by Crippen LogP contribution is -2.53. The van der Waals surface area contributed by atoms with Gasteiger partial charge in [0.15, 0.2) is 6.29 Å². The summed E-state index contributed by atoms with van der Waals surface area (Å²) in [6.07, 6.45) is -0.796. The number of hydrogen-bond donors (Lipinski definition) is 3. The Morgan fingerprint density at radius 1 is 0.964 bits per heavy atom. The van der Waals surface area contributed by atoms with Crippen molar-refractivity contribution in [2.45, 2.75) is 58.2 Å². The first kappa shape index (κ1) is 25.2. The van der Waals surface area contributed by atoms with Gasteiger partial charge in [0.1, 0.15) is 12.7 Å². The summed E-state index contributed by atoms with van der Waals surface area (Å²) >= 11 is 0. The van der Waals surface area contributed by atoms with Crippen LogP contribution in [0.4, 0.5) is 0 Å².